The minimum absolute atomic E-state index is 0.301. The second kappa shape index (κ2) is 9.81. The maximum atomic E-state index is 12.2. The van der Waals surface area contributed by atoms with Crippen molar-refractivity contribution in [1.29, 1.82) is 0 Å². The van der Waals surface area contributed by atoms with Crippen LogP contribution in [0.1, 0.15) is 38.5 Å². The van der Waals surface area contributed by atoms with E-state index in [0.717, 1.165) is 56.3 Å². The van der Waals surface area contributed by atoms with E-state index in [2.05, 4.69) is 10.6 Å². The Labute approximate surface area is 156 Å². The number of carbonyl (C=O) groups is 1. The number of rotatable bonds is 11. The Balaban J connectivity index is 1.17. The summed E-state index contributed by atoms with van der Waals surface area (Å²) in [4.78, 5) is 12.2. The molecule has 2 aliphatic rings. The zero-order valence-corrected chi connectivity index (χ0v) is 15.8. The third-order valence-corrected chi connectivity index (χ3v) is 5.76. The van der Waals surface area contributed by atoms with E-state index in [9.17, 15) is 4.79 Å². The van der Waals surface area contributed by atoms with Gasteiger partial charge < -0.3 is 20.1 Å². The van der Waals surface area contributed by atoms with E-state index in [1.54, 1.807) is 7.11 Å². The maximum Gasteiger partial charge on any atom is 0.223 e. The Bertz CT molecular complexity index is 578. The van der Waals surface area contributed by atoms with Crippen molar-refractivity contribution in [3.63, 3.8) is 0 Å². The third-order valence-electron chi connectivity index (χ3n) is 5.76. The molecule has 0 spiro atoms. The van der Waals surface area contributed by atoms with Crippen molar-refractivity contribution in [3.8, 4) is 11.5 Å². The zero-order valence-electron chi connectivity index (χ0n) is 15.8. The molecule has 0 aliphatic heterocycles. The fourth-order valence-electron chi connectivity index (χ4n) is 4.38. The zero-order chi connectivity index (χ0) is 18.2. The topological polar surface area (TPSA) is 59.6 Å². The van der Waals surface area contributed by atoms with Gasteiger partial charge in [-0.2, -0.15) is 0 Å². The summed E-state index contributed by atoms with van der Waals surface area (Å²) in [5, 5.41) is 6.52. The van der Waals surface area contributed by atoms with Gasteiger partial charge in [-0.05, 0) is 62.6 Å². The predicted molar refractivity (Wildman–Crippen MR) is 103 cm³/mol. The number of benzene rings is 1. The third kappa shape index (κ3) is 5.13. The van der Waals surface area contributed by atoms with E-state index < -0.39 is 0 Å². The van der Waals surface area contributed by atoms with E-state index >= 15 is 0 Å². The van der Waals surface area contributed by atoms with E-state index in [0.29, 0.717) is 24.3 Å². The average molecular weight is 360 g/mol. The van der Waals surface area contributed by atoms with Crippen LogP contribution in [0.2, 0.25) is 0 Å². The molecule has 1 amide bonds. The molecule has 2 bridgehead atoms. The summed E-state index contributed by atoms with van der Waals surface area (Å²) in [6, 6.07) is 7.68. The molecule has 5 heteroatoms. The van der Waals surface area contributed by atoms with Gasteiger partial charge in [0.1, 0.15) is 6.61 Å². The molecule has 5 nitrogen and oxygen atoms in total. The van der Waals surface area contributed by atoms with Crippen molar-refractivity contribution in [2.45, 2.75) is 38.5 Å². The smallest absolute Gasteiger partial charge is 0.223 e. The van der Waals surface area contributed by atoms with Gasteiger partial charge in [0.05, 0.1) is 7.11 Å². The normalized spacial score (nSPS) is 23.8. The molecule has 1 aromatic rings. The minimum Gasteiger partial charge on any atom is -0.493 e. The van der Waals surface area contributed by atoms with Crippen molar-refractivity contribution < 1.29 is 14.3 Å². The largest absolute Gasteiger partial charge is 0.493 e. The quantitative estimate of drug-likeness (QED) is 0.596. The van der Waals surface area contributed by atoms with Crippen molar-refractivity contribution in [2.75, 3.05) is 33.4 Å². The molecule has 2 aliphatic carbocycles. The fraction of sp³-hybridized carbons (Fsp3) is 0.667. The number of nitrogens with one attached hydrogen (secondary N) is 2. The molecular weight excluding hydrogens is 328 g/mol. The molecule has 0 radical (unpaired) electrons. The molecule has 1 aromatic carbocycles. The highest BCUT2D eigenvalue weighted by Gasteiger charge is 2.42. The van der Waals surface area contributed by atoms with Crippen LogP contribution in [0.4, 0.5) is 0 Å². The van der Waals surface area contributed by atoms with Gasteiger partial charge in [0.25, 0.3) is 0 Å². The van der Waals surface area contributed by atoms with E-state index in [4.69, 9.17) is 9.47 Å². The van der Waals surface area contributed by atoms with Crippen LogP contribution in [0.3, 0.4) is 0 Å². The van der Waals surface area contributed by atoms with Gasteiger partial charge >= 0.3 is 0 Å². The Kier molecular flexibility index (Phi) is 7.18. The summed E-state index contributed by atoms with van der Waals surface area (Å²) >= 11 is 0. The standard InChI is InChI=1S/C21H32N2O3/c1-25-19-6-2-3-7-20(19)26-13-12-22-10-4-5-11-23-21(24)18-15-16-8-9-17(18)14-16/h2-3,6-7,16-18,22H,4-5,8-15H2,1H3,(H,23,24). The van der Waals surface area contributed by atoms with Crippen molar-refractivity contribution in [3.05, 3.63) is 24.3 Å². The van der Waals surface area contributed by atoms with E-state index in [1.165, 1.54) is 19.3 Å². The van der Waals surface area contributed by atoms with Crippen molar-refractivity contribution in [2.24, 2.45) is 17.8 Å². The van der Waals surface area contributed by atoms with E-state index in [1.807, 2.05) is 24.3 Å². The Hall–Kier alpha value is -1.75. The molecule has 2 fully saturated rings. The van der Waals surface area contributed by atoms with Crippen molar-refractivity contribution >= 4 is 5.91 Å². The number of amides is 1. The lowest BCUT2D eigenvalue weighted by molar-refractivity contribution is -0.126. The van der Waals surface area contributed by atoms with Crippen LogP contribution in [-0.4, -0.2) is 39.3 Å². The van der Waals surface area contributed by atoms with Gasteiger partial charge in [-0.15, -0.1) is 0 Å². The SMILES string of the molecule is COc1ccccc1OCCNCCCCNC(=O)C1CC2CCC1C2. The summed E-state index contributed by atoms with van der Waals surface area (Å²) in [6.07, 6.45) is 7.12. The number of hydrogen-bond acceptors (Lipinski definition) is 4. The number of methoxy groups -OCH3 is 1. The van der Waals surface area contributed by atoms with Gasteiger partial charge in [0.15, 0.2) is 11.5 Å². The summed E-state index contributed by atoms with van der Waals surface area (Å²) in [5.41, 5.74) is 0. The van der Waals surface area contributed by atoms with Gasteiger partial charge in [0.2, 0.25) is 5.91 Å². The molecule has 2 N–H and O–H groups in total. The lowest BCUT2D eigenvalue weighted by atomic mass is 9.88. The van der Waals surface area contributed by atoms with Crippen LogP contribution in [0.15, 0.2) is 24.3 Å². The molecule has 3 rings (SSSR count). The highest BCUT2D eigenvalue weighted by atomic mass is 16.5. The Morgan fingerprint density at radius 1 is 1.08 bits per heavy atom. The monoisotopic (exact) mass is 360 g/mol. The molecule has 26 heavy (non-hydrogen) atoms. The first kappa shape index (κ1) is 19.0. The van der Waals surface area contributed by atoms with Gasteiger partial charge in [-0.3, -0.25) is 4.79 Å². The molecule has 0 heterocycles. The maximum absolute atomic E-state index is 12.2. The molecule has 0 aromatic heterocycles. The molecular formula is C21H32N2O3. The number of hydrogen-bond donors (Lipinski definition) is 2. The first-order valence-electron chi connectivity index (χ1n) is 10.0. The highest BCUT2D eigenvalue weighted by molar-refractivity contribution is 5.79. The molecule has 0 saturated heterocycles. The van der Waals surface area contributed by atoms with Gasteiger partial charge in [-0.25, -0.2) is 0 Å². The molecule has 144 valence electrons. The van der Waals surface area contributed by atoms with Crippen molar-refractivity contribution in [1.82, 2.24) is 10.6 Å². The number of unbranched alkanes of at least 4 members (excludes halogenated alkanes) is 1. The summed E-state index contributed by atoms with van der Waals surface area (Å²) in [7, 11) is 1.65. The average Bonchev–Trinajstić information content (AvgIpc) is 3.30. The predicted octanol–water partition coefficient (Wildman–Crippen LogP) is 3.00. The first-order valence-corrected chi connectivity index (χ1v) is 10.0. The highest BCUT2D eigenvalue weighted by Crippen LogP contribution is 2.48. The van der Waals surface area contributed by atoms with E-state index in [-0.39, 0.29) is 0 Å². The van der Waals surface area contributed by atoms with Crippen LogP contribution in [0.25, 0.3) is 0 Å². The van der Waals surface area contributed by atoms with Crippen LogP contribution in [0.5, 0.6) is 11.5 Å². The number of ether oxygens (including phenoxy) is 2. The second-order valence-electron chi connectivity index (χ2n) is 7.53. The summed E-state index contributed by atoms with van der Waals surface area (Å²) in [6.45, 7) is 3.16. The first-order chi connectivity index (χ1) is 12.8. The number of para-hydroxylation sites is 2. The Morgan fingerprint density at radius 3 is 2.62 bits per heavy atom. The van der Waals surface area contributed by atoms with Crippen LogP contribution >= 0.6 is 0 Å². The molecule has 3 atom stereocenters. The molecule has 2 saturated carbocycles. The number of fused-ring (bicyclic) bond motifs is 2. The van der Waals surface area contributed by atoms with Crippen LogP contribution in [0, 0.1) is 17.8 Å². The lowest BCUT2D eigenvalue weighted by Gasteiger charge is -2.20. The van der Waals surface area contributed by atoms with Crippen LogP contribution in [-0.2, 0) is 4.79 Å². The lowest BCUT2D eigenvalue weighted by Crippen LogP contribution is -2.34. The summed E-state index contributed by atoms with van der Waals surface area (Å²) < 4.78 is 11.0. The summed E-state index contributed by atoms with van der Waals surface area (Å²) in [5.74, 6) is 3.65. The van der Waals surface area contributed by atoms with Gasteiger partial charge in [-0.1, -0.05) is 18.6 Å². The number of carbonyl (C=O) groups excluding carboxylic acids is 1. The fourth-order valence-corrected chi connectivity index (χ4v) is 4.38. The minimum atomic E-state index is 0.301. The molecule has 3 unspecified atom stereocenters. The van der Waals surface area contributed by atoms with Gasteiger partial charge in [0, 0.05) is 19.0 Å². The van der Waals surface area contributed by atoms with Crippen LogP contribution < -0.4 is 20.1 Å². The second-order valence-corrected chi connectivity index (χ2v) is 7.53. The Morgan fingerprint density at radius 2 is 1.88 bits per heavy atom.